The summed E-state index contributed by atoms with van der Waals surface area (Å²) in [5.41, 5.74) is 1.88. The molecule has 1 aromatic carbocycles. The number of fused-ring (bicyclic) bond motifs is 1. The average molecular weight is 373 g/mol. The van der Waals surface area contributed by atoms with Gasteiger partial charge in [-0.3, -0.25) is 4.98 Å². The van der Waals surface area contributed by atoms with E-state index in [1.165, 1.54) is 0 Å². The highest BCUT2D eigenvalue weighted by Crippen LogP contribution is 2.37. The van der Waals surface area contributed by atoms with Gasteiger partial charge in [-0.15, -0.1) is 0 Å². The Balaban J connectivity index is 2.11. The van der Waals surface area contributed by atoms with Crippen LogP contribution in [-0.4, -0.2) is 53.4 Å². The molecule has 0 radical (unpaired) electrons. The zero-order valence-corrected chi connectivity index (χ0v) is 17.2. The maximum absolute atomic E-state index is 12.1. The Morgan fingerprint density at radius 2 is 2.00 bits per heavy atom. The third-order valence-corrected chi connectivity index (χ3v) is 4.36. The number of carbonyl (C=O) groups excluding carboxylic acids is 1. The minimum atomic E-state index is -0.501. The largest absolute Gasteiger partial charge is 0.505 e. The second-order valence-electron chi connectivity index (χ2n) is 7.80. The van der Waals surface area contributed by atoms with Gasteiger partial charge in [0.2, 0.25) is 0 Å². The van der Waals surface area contributed by atoms with Crippen molar-refractivity contribution in [3.63, 3.8) is 0 Å². The van der Waals surface area contributed by atoms with Gasteiger partial charge in [0, 0.05) is 38.3 Å². The first kappa shape index (κ1) is 20.8. The van der Waals surface area contributed by atoms with Crippen LogP contribution < -0.4 is 4.90 Å². The number of phenolic OH excluding ortho intramolecular Hbond substituents is 1. The summed E-state index contributed by atoms with van der Waals surface area (Å²) in [5, 5.41) is 11.7. The lowest BCUT2D eigenvalue weighted by Crippen LogP contribution is -2.36. The molecule has 0 aliphatic rings. The molecule has 0 fully saturated rings. The summed E-state index contributed by atoms with van der Waals surface area (Å²) in [6, 6.07) is 5.85. The van der Waals surface area contributed by atoms with E-state index in [1.54, 1.807) is 18.1 Å². The summed E-state index contributed by atoms with van der Waals surface area (Å²) in [7, 11) is 1.74. The van der Waals surface area contributed by atoms with Gasteiger partial charge in [0.05, 0.1) is 5.52 Å². The van der Waals surface area contributed by atoms with E-state index < -0.39 is 5.60 Å². The number of aryl methyl sites for hydroxylation is 1. The standard InChI is InChI=1S/C21H31N3O3/c1-7-24(13-9-12-23(6)20(26)27-21(3,4)5)18-17-16(10-8-11-22-17)14-15(2)19(18)25/h8,10-11,14,25H,7,9,12-13H2,1-6H3. The van der Waals surface area contributed by atoms with Gasteiger partial charge < -0.3 is 19.6 Å². The van der Waals surface area contributed by atoms with E-state index in [0.29, 0.717) is 13.1 Å². The minimum Gasteiger partial charge on any atom is -0.505 e. The Kier molecular flexibility index (Phi) is 6.52. The molecule has 148 valence electrons. The van der Waals surface area contributed by atoms with Crippen molar-refractivity contribution in [1.29, 1.82) is 0 Å². The van der Waals surface area contributed by atoms with Gasteiger partial charge in [0.25, 0.3) is 0 Å². The number of anilines is 1. The molecule has 1 aromatic heterocycles. The van der Waals surface area contributed by atoms with Crippen LogP contribution in [0.1, 0.15) is 39.7 Å². The summed E-state index contributed by atoms with van der Waals surface area (Å²) < 4.78 is 5.38. The SMILES string of the molecule is CCN(CCCN(C)C(=O)OC(C)(C)C)c1c(O)c(C)cc2cccnc12. The van der Waals surface area contributed by atoms with Gasteiger partial charge >= 0.3 is 6.09 Å². The Bertz CT molecular complexity index is 799. The third kappa shape index (κ3) is 5.25. The summed E-state index contributed by atoms with van der Waals surface area (Å²) in [5.74, 6) is 0.267. The highest BCUT2D eigenvalue weighted by molar-refractivity contribution is 5.95. The molecule has 27 heavy (non-hydrogen) atoms. The van der Waals surface area contributed by atoms with Crippen molar-refractivity contribution < 1.29 is 14.6 Å². The van der Waals surface area contributed by atoms with E-state index in [4.69, 9.17) is 4.74 Å². The lowest BCUT2D eigenvalue weighted by molar-refractivity contribution is 0.0298. The molecule has 0 saturated heterocycles. The molecule has 6 nitrogen and oxygen atoms in total. The molecule has 0 atom stereocenters. The van der Waals surface area contributed by atoms with E-state index >= 15 is 0 Å². The fourth-order valence-electron chi connectivity index (χ4n) is 2.99. The molecule has 0 unspecified atom stereocenters. The summed E-state index contributed by atoms with van der Waals surface area (Å²) in [6.07, 6.45) is 2.17. The molecular weight excluding hydrogens is 342 g/mol. The molecule has 0 spiro atoms. The maximum atomic E-state index is 12.1. The maximum Gasteiger partial charge on any atom is 0.410 e. The first-order chi connectivity index (χ1) is 12.6. The Morgan fingerprint density at radius 1 is 1.30 bits per heavy atom. The highest BCUT2D eigenvalue weighted by atomic mass is 16.6. The summed E-state index contributed by atoms with van der Waals surface area (Å²) in [6.45, 7) is 11.5. The van der Waals surface area contributed by atoms with Crippen LogP contribution in [0.4, 0.5) is 10.5 Å². The van der Waals surface area contributed by atoms with Gasteiger partial charge in [-0.2, -0.15) is 0 Å². The number of aromatic nitrogens is 1. The second kappa shape index (κ2) is 8.46. The smallest absolute Gasteiger partial charge is 0.410 e. The van der Waals surface area contributed by atoms with Crippen molar-refractivity contribution in [2.75, 3.05) is 31.6 Å². The number of benzene rings is 1. The van der Waals surface area contributed by atoms with Crippen LogP contribution in [0.2, 0.25) is 0 Å². The van der Waals surface area contributed by atoms with Crippen molar-refractivity contribution in [2.24, 2.45) is 0 Å². The van der Waals surface area contributed by atoms with Crippen LogP contribution in [0.5, 0.6) is 5.75 Å². The number of ether oxygens (including phenoxy) is 1. The van der Waals surface area contributed by atoms with Crippen LogP contribution in [0, 0.1) is 6.92 Å². The monoisotopic (exact) mass is 373 g/mol. The number of hydrogen-bond donors (Lipinski definition) is 1. The number of carbonyl (C=O) groups is 1. The van der Waals surface area contributed by atoms with E-state index in [0.717, 1.165) is 35.1 Å². The van der Waals surface area contributed by atoms with Crippen molar-refractivity contribution in [3.8, 4) is 5.75 Å². The molecule has 0 bridgehead atoms. The molecule has 1 heterocycles. The number of amides is 1. The van der Waals surface area contributed by atoms with Gasteiger partial charge in [-0.1, -0.05) is 6.07 Å². The summed E-state index contributed by atoms with van der Waals surface area (Å²) in [4.78, 5) is 20.3. The van der Waals surface area contributed by atoms with E-state index in [-0.39, 0.29) is 11.8 Å². The third-order valence-electron chi connectivity index (χ3n) is 4.36. The topological polar surface area (TPSA) is 65.9 Å². The first-order valence-corrected chi connectivity index (χ1v) is 9.40. The average Bonchev–Trinajstić information content (AvgIpc) is 2.59. The zero-order valence-electron chi connectivity index (χ0n) is 17.2. The fraction of sp³-hybridized carbons (Fsp3) is 0.524. The predicted molar refractivity (Wildman–Crippen MR) is 110 cm³/mol. The molecule has 2 rings (SSSR count). The van der Waals surface area contributed by atoms with Crippen molar-refractivity contribution >= 4 is 22.7 Å². The van der Waals surface area contributed by atoms with E-state index in [1.807, 2.05) is 52.8 Å². The normalized spacial score (nSPS) is 11.5. The Labute approximate surface area is 161 Å². The van der Waals surface area contributed by atoms with Gasteiger partial charge in [0.1, 0.15) is 17.0 Å². The van der Waals surface area contributed by atoms with E-state index in [9.17, 15) is 9.90 Å². The molecule has 0 aliphatic heterocycles. The number of rotatable bonds is 6. The number of hydrogen-bond acceptors (Lipinski definition) is 5. The Morgan fingerprint density at radius 3 is 2.63 bits per heavy atom. The van der Waals surface area contributed by atoms with Crippen LogP contribution in [-0.2, 0) is 4.74 Å². The first-order valence-electron chi connectivity index (χ1n) is 9.40. The molecule has 6 heteroatoms. The van der Waals surface area contributed by atoms with Crippen molar-refractivity contribution in [3.05, 3.63) is 30.0 Å². The fourth-order valence-corrected chi connectivity index (χ4v) is 2.99. The zero-order chi connectivity index (χ0) is 20.2. The van der Waals surface area contributed by atoms with Gasteiger partial charge in [0.15, 0.2) is 0 Å². The van der Waals surface area contributed by atoms with E-state index in [2.05, 4.69) is 9.88 Å². The molecular formula is C21H31N3O3. The van der Waals surface area contributed by atoms with Crippen LogP contribution >= 0.6 is 0 Å². The second-order valence-corrected chi connectivity index (χ2v) is 7.80. The predicted octanol–water partition coefficient (Wildman–Crippen LogP) is 4.33. The minimum absolute atomic E-state index is 0.267. The highest BCUT2D eigenvalue weighted by Gasteiger charge is 2.20. The number of pyridine rings is 1. The van der Waals surface area contributed by atoms with Crippen LogP contribution in [0.15, 0.2) is 24.4 Å². The number of aromatic hydroxyl groups is 1. The van der Waals surface area contributed by atoms with Crippen molar-refractivity contribution in [1.82, 2.24) is 9.88 Å². The molecule has 2 aromatic rings. The summed E-state index contributed by atoms with van der Waals surface area (Å²) >= 11 is 0. The van der Waals surface area contributed by atoms with Gasteiger partial charge in [-0.25, -0.2) is 4.79 Å². The lowest BCUT2D eigenvalue weighted by Gasteiger charge is -2.28. The number of nitrogens with zero attached hydrogens (tertiary/aromatic N) is 3. The Hall–Kier alpha value is -2.50. The molecule has 1 N–H and O–H groups in total. The molecule has 0 aliphatic carbocycles. The quantitative estimate of drug-likeness (QED) is 0.816. The number of phenols is 1. The van der Waals surface area contributed by atoms with Crippen molar-refractivity contribution in [2.45, 2.75) is 46.6 Å². The molecule has 0 saturated carbocycles. The molecule has 1 amide bonds. The van der Waals surface area contributed by atoms with Gasteiger partial charge in [-0.05, 0) is 58.7 Å². The van der Waals surface area contributed by atoms with Crippen LogP contribution in [0.3, 0.4) is 0 Å². The lowest BCUT2D eigenvalue weighted by atomic mass is 10.1. The van der Waals surface area contributed by atoms with Crippen LogP contribution in [0.25, 0.3) is 10.9 Å².